The zero-order valence-electron chi connectivity index (χ0n) is 12.3. The van der Waals surface area contributed by atoms with Crippen molar-refractivity contribution in [3.05, 3.63) is 0 Å². The van der Waals surface area contributed by atoms with E-state index < -0.39 is 17.3 Å². The Bertz CT molecular complexity index is 245. The van der Waals surface area contributed by atoms with Crippen molar-refractivity contribution in [2.24, 2.45) is 0 Å². The lowest BCUT2D eigenvalue weighted by Crippen LogP contribution is -2.60. The lowest BCUT2D eigenvalue weighted by Gasteiger charge is -2.37. The van der Waals surface area contributed by atoms with E-state index in [0.717, 1.165) is 25.2 Å². The van der Waals surface area contributed by atoms with Gasteiger partial charge in [0.15, 0.2) is 0 Å². The van der Waals surface area contributed by atoms with E-state index in [0.29, 0.717) is 13.2 Å². The molecule has 1 heterocycles. The summed E-state index contributed by atoms with van der Waals surface area (Å²) in [4.78, 5) is 0. The standard InChI is InChI=1S/C11H27NO4Si2/c1-6-15-17(5,16-7-2)11-12-9-8-10-18(12,13-3)14-4/h6-11H2,1-5H3. The highest BCUT2D eigenvalue weighted by Crippen LogP contribution is 2.28. The monoisotopic (exact) mass is 293 g/mol. The van der Waals surface area contributed by atoms with Crippen LogP contribution < -0.4 is 0 Å². The zero-order chi connectivity index (χ0) is 13.6. The van der Waals surface area contributed by atoms with Gasteiger partial charge in [0, 0.05) is 39.6 Å². The molecule has 1 aliphatic heterocycles. The molecule has 7 heteroatoms. The molecular weight excluding hydrogens is 266 g/mol. The Morgan fingerprint density at radius 1 is 1.11 bits per heavy atom. The van der Waals surface area contributed by atoms with Crippen LogP contribution in [0, 0.1) is 0 Å². The third kappa shape index (κ3) is 3.63. The van der Waals surface area contributed by atoms with Crippen LogP contribution in [0.4, 0.5) is 0 Å². The largest absolute Gasteiger partial charge is 0.427 e. The minimum absolute atomic E-state index is 0.699. The van der Waals surface area contributed by atoms with Gasteiger partial charge in [-0.2, -0.15) is 0 Å². The van der Waals surface area contributed by atoms with E-state index >= 15 is 0 Å². The van der Waals surface area contributed by atoms with E-state index in [1.54, 1.807) is 14.2 Å². The summed E-state index contributed by atoms with van der Waals surface area (Å²) in [6.07, 6.45) is 1.97. The van der Waals surface area contributed by atoms with Gasteiger partial charge in [0.25, 0.3) is 0 Å². The first-order valence-corrected chi connectivity index (χ1v) is 11.2. The van der Waals surface area contributed by atoms with Gasteiger partial charge in [-0.25, -0.2) is 0 Å². The summed E-state index contributed by atoms with van der Waals surface area (Å²) in [5.74, 6) is 0. The number of rotatable bonds is 8. The third-order valence-corrected chi connectivity index (χ3v) is 10.1. The molecule has 0 atom stereocenters. The molecule has 0 aliphatic carbocycles. The van der Waals surface area contributed by atoms with Crippen LogP contribution in [-0.2, 0) is 17.7 Å². The Hall–Kier alpha value is 0.234. The minimum atomic E-state index is -2.17. The predicted molar refractivity (Wildman–Crippen MR) is 75.6 cm³/mol. The van der Waals surface area contributed by atoms with Gasteiger partial charge in [0.1, 0.15) is 0 Å². The molecule has 0 aromatic carbocycles. The van der Waals surface area contributed by atoms with E-state index in [2.05, 4.69) is 11.1 Å². The first kappa shape index (κ1) is 16.3. The van der Waals surface area contributed by atoms with E-state index in [-0.39, 0.29) is 0 Å². The second kappa shape index (κ2) is 7.13. The van der Waals surface area contributed by atoms with E-state index in [4.69, 9.17) is 17.7 Å². The van der Waals surface area contributed by atoms with Crippen molar-refractivity contribution in [2.45, 2.75) is 32.9 Å². The average molecular weight is 294 g/mol. The summed E-state index contributed by atoms with van der Waals surface area (Å²) >= 11 is 0. The van der Waals surface area contributed by atoms with Crippen molar-refractivity contribution in [1.29, 1.82) is 0 Å². The molecule has 5 nitrogen and oxygen atoms in total. The third-order valence-electron chi connectivity index (χ3n) is 3.42. The van der Waals surface area contributed by atoms with Crippen LogP contribution in [0.2, 0.25) is 12.6 Å². The molecule has 0 spiro atoms. The molecule has 0 N–H and O–H groups in total. The Kier molecular flexibility index (Phi) is 6.45. The maximum Gasteiger partial charge on any atom is 0.427 e. The molecule has 0 aromatic rings. The summed E-state index contributed by atoms with van der Waals surface area (Å²) in [7, 11) is -0.788. The smallest absolute Gasteiger partial charge is 0.394 e. The molecule has 18 heavy (non-hydrogen) atoms. The summed E-state index contributed by atoms with van der Waals surface area (Å²) in [5, 5.41) is 0. The Morgan fingerprint density at radius 2 is 1.67 bits per heavy atom. The summed E-state index contributed by atoms with van der Waals surface area (Å²) in [5.41, 5.74) is 0. The fourth-order valence-corrected chi connectivity index (χ4v) is 9.33. The molecule has 108 valence electrons. The zero-order valence-corrected chi connectivity index (χ0v) is 14.3. The van der Waals surface area contributed by atoms with Crippen LogP contribution in [0.1, 0.15) is 20.3 Å². The van der Waals surface area contributed by atoms with Gasteiger partial charge < -0.3 is 17.7 Å². The predicted octanol–water partition coefficient (Wildman–Crippen LogP) is 1.61. The highest BCUT2D eigenvalue weighted by atomic mass is 28.4. The van der Waals surface area contributed by atoms with Crippen molar-refractivity contribution in [2.75, 3.05) is 40.1 Å². The van der Waals surface area contributed by atoms with Gasteiger partial charge in [-0.15, -0.1) is 0 Å². The van der Waals surface area contributed by atoms with E-state index in [1.165, 1.54) is 0 Å². The molecule has 0 aromatic heterocycles. The second-order valence-corrected chi connectivity index (χ2v) is 11.2. The molecule has 0 unspecified atom stereocenters. The molecular formula is C11H27NO4Si2. The first-order chi connectivity index (χ1) is 8.55. The molecule has 1 aliphatic rings. The normalized spacial score (nSPS) is 20.5. The van der Waals surface area contributed by atoms with Crippen LogP contribution in [0.25, 0.3) is 0 Å². The lowest BCUT2D eigenvalue weighted by atomic mass is 10.5. The molecule has 0 saturated carbocycles. The summed E-state index contributed by atoms with van der Waals surface area (Å²) < 4.78 is 25.6. The summed E-state index contributed by atoms with van der Waals surface area (Å²) in [6.45, 7) is 8.59. The quantitative estimate of drug-likeness (QED) is 0.636. The lowest BCUT2D eigenvalue weighted by molar-refractivity contribution is 0.155. The van der Waals surface area contributed by atoms with Gasteiger partial charge in [-0.3, -0.25) is 4.57 Å². The average Bonchev–Trinajstić information content (AvgIpc) is 2.72. The van der Waals surface area contributed by atoms with Gasteiger partial charge in [0.2, 0.25) is 0 Å². The van der Waals surface area contributed by atoms with Crippen molar-refractivity contribution < 1.29 is 17.7 Å². The molecule has 0 amide bonds. The Morgan fingerprint density at radius 3 is 2.11 bits per heavy atom. The Labute approximate surface area is 113 Å². The van der Waals surface area contributed by atoms with Crippen molar-refractivity contribution in [3.63, 3.8) is 0 Å². The fraction of sp³-hybridized carbons (Fsp3) is 1.00. The minimum Gasteiger partial charge on any atom is -0.394 e. The maximum atomic E-state index is 5.90. The van der Waals surface area contributed by atoms with Gasteiger partial charge in [-0.05, 0) is 33.4 Å². The number of hydrogen-bond donors (Lipinski definition) is 0. The Balaban J connectivity index is 2.73. The van der Waals surface area contributed by atoms with Crippen molar-refractivity contribution >= 4 is 17.3 Å². The second-order valence-electron chi connectivity index (χ2n) is 4.65. The van der Waals surface area contributed by atoms with Crippen LogP contribution in [0.3, 0.4) is 0 Å². The molecule has 0 bridgehead atoms. The van der Waals surface area contributed by atoms with Crippen molar-refractivity contribution in [1.82, 2.24) is 4.57 Å². The van der Waals surface area contributed by atoms with E-state index in [1.807, 2.05) is 13.8 Å². The topological polar surface area (TPSA) is 40.2 Å². The highest BCUT2D eigenvalue weighted by molar-refractivity contribution is 6.70. The van der Waals surface area contributed by atoms with Crippen molar-refractivity contribution in [3.8, 4) is 0 Å². The number of hydrogen-bond acceptors (Lipinski definition) is 5. The van der Waals surface area contributed by atoms with E-state index in [9.17, 15) is 0 Å². The number of nitrogens with zero attached hydrogens (tertiary/aromatic N) is 1. The van der Waals surface area contributed by atoms with Crippen LogP contribution in [0.15, 0.2) is 0 Å². The van der Waals surface area contributed by atoms with Crippen LogP contribution >= 0.6 is 0 Å². The van der Waals surface area contributed by atoms with Crippen LogP contribution in [-0.4, -0.2) is 62.0 Å². The SMILES string of the molecule is CCO[Si](C)(CN1CCC[Si]1(OC)OC)OCC. The molecule has 1 saturated heterocycles. The molecule has 1 rings (SSSR count). The highest BCUT2D eigenvalue weighted by Gasteiger charge is 2.51. The van der Waals surface area contributed by atoms with Gasteiger partial charge in [-0.1, -0.05) is 0 Å². The fourth-order valence-electron chi connectivity index (χ4n) is 2.66. The first-order valence-electron chi connectivity index (χ1n) is 6.69. The molecule has 0 radical (unpaired) electrons. The maximum absolute atomic E-state index is 5.90. The van der Waals surface area contributed by atoms with Gasteiger partial charge in [0.05, 0.1) is 0 Å². The van der Waals surface area contributed by atoms with Gasteiger partial charge >= 0.3 is 17.3 Å². The van der Waals surface area contributed by atoms with Crippen LogP contribution in [0.5, 0.6) is 0 Å². The molecule has 1 fully saturated rings. The summed E-state index contributed by atoms with van der Waals surface area (Å²) in [6, 6.07) is 1.03.